The maximum Gasteiger partial charge on any atom is 0.132 e. The van der Waals surface area contributed by atoms with Crippen molar-refractivity contribution in [3.05, 3.63) is 42.4 Å². The molecule has 1 aliphatic carbocycles. The van der Waals surface area contributed by atoms with E-state index in [0.29, 0.717) is 5.92 Å². The van der Waals surface area contributed by atoms with Gasteiger partial charge in [-0.15, -0.1) is 0 Å². The SMILES string of the molecule is c1ncc(CN2CC3CN(c4cc(C5CC5)ncn4)CC3C2)cn1. The molecule has 2 atom stereocenters. The van der Waals surface area contributed by atoms with Crippen LogP contribution in [0.5, 0.6) is 0 Å². The van der Waals surface area contributed by atoms with Crippen LogP contribution in [0.1, 0.15) is 30.0 Å². The molecule has 2 aromatic heterocycles. The Balaban J connectivity index is 1.23. The van der Waals surface area contributed by atoms with Crippen LogP contribution in [0.15, 0.2) is 31.1 Å². The minimum absolute atomic E-state index is 0.692. The van der Waals surface area contributed by atoms with Gasteiger partial charge in [0.1, 0.15) is 18.5 Å². The number of likely N-dealkylation sites (tertiary alicyclic amines) is 1. The van der Waals surface area contributed by atoms with E-state index in [1.165, 1.54) is 24.1 Å². The lowest BCUT2D eigenvalue weighted by Gasteiger charge is -2.22. The van der Waals surface area contributed by atoms with Crippen LogP contribution >= 0.6 is 0 Å². The fourth-order valence-corrected chi connectivity index (χ4v) is 4.21. The number of rotatable bonds is 4. The summed E-state index contributed by atoms with van der Waals surface area (Å²) in [6.45, 7) is 5.53. The number of anilines is 1. The molecule has 2 saturated heterocycles. The van der Waals surface area contributed by atoms with E-state index >= 15 is 0 Å². The molecular weight excluding hydrogens is 300 g/mol. The standard InChI is InChI=1S/C18H22N6/c1-2-14(1)17-3-18(22-12-21-17)24-9-15-7-23(8-16(15)10-24)6-13-4-19-11-20-5-13/h3-5,11-12,14-16H,1-2,6-10H2. The van der Waals surface area contributed by atoms with Crippen LogP contribution in [0.2, 0.25) is 0 Å². The van der Waals surface area contributed by atoms with Crippen LogP contribution in [-0.4, -0.2) is 51.0 Å². The van der Waals surface area contributed by atoms with E-state index in [2.05, 4.69) is 35.8 Å². The molecule has 0 N–H and O–H groups in total. The number of fused-ring (bicyclic) bond motifs is 1. The van der Waals surface area contributed by atoms with Crippen LogP contribution < -0.4 is 4.90 Å². The molecule has 3 fully saturated rings. The number of aromatic nitrogens is 4. The van der Waals surface area contributed by atoms with Crippen LogP contribution in [-0.2, 0) is 6.54 Å². The lowest BCUT2D eigenvalue weighted by Crippen LogP contribution is -2.29. The van der Waals surface area contributed by atoms with Crippen molar-refractivity contribution >= 4 is 5.82 Å². The van der Waals surface area contributed by atoms with Crippen LogP contribution in [0.25, 0.3) is 0 Å². The molecule has 0 spiro atoms. The first-order valence-electron chi connectivity index (χ1n) is 8.88. The molecular formula is C18H22N6. The molecule has 0 aromatic carbocycles. The highest BCUT2D eigenvalue weighted by Gasteiger charge is 2.40. The van der Waals surface area contributed by atoms with Gasteiger partial charge in [-0.2, -0.15) is 0 Å². The number of hydrogen-bond acceptors (Lipinski definition) is 6. The molecule has 2 aliphatic heterocycles. The van der Waals surface area contributed by atoms with Gasteiger partial charge in [0.15, 0.2) is 0 Å². The second kappa shape index (κ2) is 5.77. The minimum Gasteiger partial charge on any atom is -0.356 e. The third-order valence-electron chi connectivity index (χ3n) is 5.58. The molecule has 6 nitrogen and oxygen atoms in total. The monoisotopic (exact) mass is 322 g/mol. The Morgan fingerprint density at radius 3 is 2.38 bits per heavy atom. The van der Waals surface area contributed by atoms with Crippen molar-refractivity contribution in [2.24, 2.45) is 11.8 Å². The molecule has 0 bridgehead atoms. The van der Waals surface area contributed by atoms with Crippen molar-refractivity contribution in [2.75, 3.05) is 31.1 Å². The van der Waals surface area contributed by atoms with E-state index in [-0.39, 0.29) is 0 Å². The van der Waals surface area contributed by atoms with Gasteiger partial charge >= 0.3 is 0 Å². The Morgan fingerprint density at radius 1 is 0.917 bits per heavy atom. The van der Waals surface area contributed by atoms with Crippen molar-refractivity contribution in [3.8, 4) is 0 Å². The summed E-state index contributed by atoms with van der Waals surface area (Å²) in [5.74, 6) is 3.31. The normalized spacial score (nSPS) is 26.8. The van der Waals surface area contributed by atoms with Crippen LogP contribution in [0.3, 0.4) is 0 Å². The first-order valence-corrected chi connectivity index (χ1v) is 8.88. The molecule has 3 aliphatic rings. The Hall–Kier alpha value is -2.08. The molecule has 5 rings (SSSR count). The third-order valence-corrected chi connectivity index (χ3v) is 5.58. The Labute approximate surface area is 142 Å². The molecule has 2 unspecified atom stereocenters. The van der Waals surface area contributed by atoms with E-state index in [1.54, 1.807) is 12.7 Å². The average molecular weight is 322 g/mol. The molecule has 6 heteroatoms. The zero-order valence-corrected chi connectivity index (χ0v) is 13.8. The predicted octanol–water partition coefficient (Wildman–Crippen LogP) is 1.71. The van der Waals surface area contributed by atoms with E-state index in [9.17, 15) is 0 Å². The third kappa shape index (κ3) is 2.75. The summed E-state index contributed by atoms with van der Waals surface area (Å²) < 4.78 is 0. The maximum atomic E-state index is 4.53. The first kappa shape index (κ1) is 14.3. The lowest BCUT2D eigenvalue weighted by molar-refractivity contribution is 0.308. The van der Waals surface area contributed by atoms with Gasteiger partial charge in [-0.3, -0.25) is 4.90 Å². The van der Waals surface area contributed by atoms with Crippen molar-refractivity contribution in [2.45, 2.75) is 25.3 Å². The van der Waals surface area contributed by atoms with Gasteiger partial charge in [0.25, 0.3) is 0 Å². The van der Waals surface area contributed by atoms with Crippen molar-refractivity contribution < 1.29 is 0 Å². The van der Waals surface area contributed by atoms with E-state index in [1.807, 2.05) is 12.4 Å². The minimum atomic E-state index is 0.692. The fourth-order valence-electron chi connectivity index (χ4n) is 4.21. The molecule has 0 radical (unpaired) electrons. The highest BCUT2D eigenvalue weighted by atomic mass is 15.3. The van der Waals surface area contributed by atoms with E-state index in [4.69, 9.17) is 0 Å². The fraction of sp³-hybridized carbons (Fsp3) is 0.556. The first-order chi connectivity index (χ1) is 11.8. The van der Waals surface area contributed by atoms with E-state index < -0.39 is 0 Å². The Bertz CT molecular complexity index is 702. The van der Waals surface area contributed by atoms with Crippen molar-refractivity contribution in [3.63, 3.8) is 0 Å². The summed E-state index contributed by atoms with van der Waals surface area (Å²) in [4.78, 5) is 22.2. The molecule has 1 saturated carbocycles. The quantitative estimate of drug-likeness (QED) is 0.854. The highest BCUT2D eigenvalue weighted by Crippen LogP contribution is 2.40. The summed E-state index contributed by atoms with van der Waals surface area (Å²) in [7, 11) is 0. The van der Waals surface area contributed by atoms with Crippen LogP contribution in [0, 0.1) is 11.8 Å². The molecule has 124 valence electrons. The Morgan fingerprint density at radius 2 is 1.67 bits per heavy atom. The molecule has 4 heterocycles. The number of hydrogen-bond donors (Lipinski definition) is 0. The summed E-state index contributed by atoms with van der Waals surface area (Å²) in [5, 5.41) is 0. The topological polar surface area (TPSA) is 58.0 Å². The molecule has 0 amide bonds. The van der Waals surface area contributed by atoms with Gasteiger partial charge in [-0.05, 0) is 24.7 Å². The van der Waals surface area contributed by atoms with Crippen molar-refractivity contribution in [1.29, 1.82) is 0 Å². The largest absolute Gasteiger partial charge is 0.356 e. The van der Waals surface area contributed by atoms with Gasteiger partial charge in [0, 0.05) is 68.4 Å². The number of nitrogens with zero attached hydrogens (tertiary/aromatic N) is 6. The Kier molecular flexibility index (Phi) is 3.43. The summed E-state index contributed by atoms with van der Waals surface area (Å²) >= 11 is 0. The smallest absolute Gasteiger partial charge is 0.132 e. The van der Waals surface area contributed by atoms with Gasteiger partial charge in [-0.25, -0.2) is 19.9 Å². The molecule has 2 aromatic rings. The van der Waals surface area contributed by atoms with Crippen LogP contribution in [0.4, 0.5) is 5.82 Å². The van der Waals surface area contributed by atoms with Gasteiger partial charge in [-0.1, -0.05) is 0 Å². The van der Waals surface area contributed by atoms with Gasteiger partial charge in [0.2, 0.25) is 0 Å². The zero-order valence-electron chi connectivity index (χ0n) is 13.8. The predicted molar refractivity (Wildman–Crippen MR) is 90.5 cm³/mol. The second-order valence-electron chi connectivity index (χ2n) is 7.44. The van der Waals surface area contributed by atoms with Crippen molar-refractivity contribution in [1.82, 2.24) is 24.8 Å². The summed E-state index contributed by atoms with van der Waals surface area (Å²) in [5.41, 5.74) is 2.45. The van der Waals surface area contributed by atoms with Gasteiger partial charge < -0.3 is 4.90 Å². The lowest BCUT2D eigenvalue weighted by atomic mass is 10.0. The van der Waals surface area contributed by atoms with Gasteiger partial charge in [0.05, 0.1) is 0 Å². The zero-order chi connectivity index (χ0) is 15.9. The summed E-state index contributed by atoms with van der Waals surface area (Å²) in [6.07, 6.45) is 9.78. The highest BCUT2D eigenvalue weighted by molar-refractivity contribution is 5.42. The van der Waals surface area contributed by atoms with E-state index in [0.717, 1.165) is 50.4 Å². The molecule has 24 heavy (non-hydrogen) atoms. The average Bonchev–Trinajstić information content (AvgIpc) is 3.29. The second-order valence-corrected chi connectivity index (χ2v) is 7.44. The summed E-state index contributed by atoms with van der Waals surface area (Å²) in [6, 6.07) is 2.22. The maximum absolute atomic E-state index is 4.53.